The van der Waals surface area contributed by atoms with Crippen LogP contribution in [0.25, 0.3) is 0 Å². The van der Waals surface area contributed by atoms with Crippen LogP contribution < -0.4 is 5.32 Å². The third-order valence-corrected chi connectivity index (χ3v) is 3.64. The van der Waals surface area contributed by atoms with Gasteiger partial charge in [-0.2, -0.15) is 0 Å². The number of carbonyl (C=O) groups excluding carboxylic acids is 4. The quantitative estimate of drug-likeness (QED) is 0.475. The van der Waals surface area contributed by atoms with E-state index >= 15 is 0 Å². The topological polar surface area (TPSA) is 128 Å². The second kappa shape index (κ2) is 10.1. The number of carbonyl (C=O) groups is 4. The van der Waals surface area contributed by atoms with Crippen LogP contribution >= 0.6 is 0 Å². The molecule has 0 saturated carbocycles. The molecule has 0 radical (unpaired) electrons. The van der Waals surface area contributed by atoms with Gasteiger partial charge in [0.25, 0.3) is 5.91 Å². The van der Waals surface area contributed by atoms with Crippen LogP contribution in [0.3, 0.4) is 0 Å². The smallest absolute Gasteiger partial charge is 0.329 e. The molecule has 1 aromatic carbocycles. The van der Waals surface area contributed by atoms with Crippen LogP contribution in [0.4, 0.5) is 0 Å². The Balaban J connectivity index is 3.06. The Bertz CT molecular complexity index is 645. The highest BCUT2D eigenvalue weighted by atomic mass is 16.5. The molecule has 0 heterocycles. The molecule has 0 unspecified atom stereocenters. The van der Waals surface area contributed by atoms with Crippen LogP contribution in [0.15, 0.2) is 30.3 Å². The summed E-state index contributed by atoms with van der Waals surface area (Å²) in [6.45, 7) is 0. The zero-order chi connectivity index (χ0) is 19.7. The lowest BCUT2D eigenvalue weighted by atomic mass is 9.95. The maximum absolute atomic E-state index is 12.3. The number of aliphatic hydroxyl groups excluding tert-OH is 1. The molecule has 2 N–H and O–H groups in total. The first kappa shape index (κ1) is 21.1. The molecule has 0 aliphatic heterocycles. The van der Waals surface area contributed by atoms with Gasteiger partial charge in [-0.05, 0) is 5.56 Å². The maximum atomic E-state index is 12.3. The first-order chi connectivity index (χ1) is 12.3. The number of esters is 3. The summed E-state index contributed by atoms with van der Waals surface area (Å²) < 4.78 is 13.7. The first-order valence-corrected chi connectivity index (χ1v) is 7.61. The number of aliphatic hydroxyl groups is 1. The van der Waals surface area contributed by atoms with Crippen LogP contribution in [0.2, 0.25) is 0 Å². The molecule has 142 valence electrons. The maximum Gasteiger partial charge on any atom is 0.329 e. The summed E-state index contributed by atoms with van der Waals surface area (Å²) in [4.78, 5) is 47.9. The molecule has 0 aliphatic carbocycles. The van der Waals surface area contributed by atoms with Gasteiger partial charge >= 0.3 is 17.9 Å². The number of ether oxygens (including phenoxy) is 3. The van der Waals surface area contributed by atoms with E-state index in [4.69, 9.17) is 0 Å². The Morgan fingerprint density at radius 1 is 0.962 bits per heavy atom. The zero-order valence-electron chi connectivity index (χ0n) is 14.6. The van der Waals surface area contributed by atoms with Gasteiger partial charge in [0.05, 0.1) is 33.7 Å². The van der Waals surface area contributed by atoms with Gasteiger partial charge in [-0.1, -0.05) is 30.3 Å². The van der Waals surface area contributed by atoms with Gasteiger partial charge in [-0.15, -0.1) is 0 Å². The summed E-state index contributed by atoms with van der Waals surface area (Å²) >= 11 is 0. The van der Waals surface area contributed by atoms with Crippen molar-refractivity contribution in [2.45, 2.75) is 18.6 Å². The Hall–Kier alpha value is -2.94. The predicted molar refractivity (Wildman–Crippen MR) is 87.5 cm³/mol. The molecule has 1 amide bonds. The van der Waals surface area contributed by atoms with E-state index in [1.54, 1.807) is 18.2 Å². The lowest BCUT2D eigenvalue weighted by molar-refractivity contribution is -0.159. The van der Waals surface area contributed by atoms with Crippen LogP contribution in [-0.2, 0) is 33.4 Å². The summed E-state index contributed by atoms with van der Waals surface area (Å²) in [5.74, 6) is -5.00. The molecule has 0 bridgehead atoms. The van der Waals surface area contributed by atoms with Crippen molar-refractivity contribution in [3.63, 3.8) is 0 Å². The molecule has 9 heteroatoms. The Labute approximate surface area is 150 Å². The number of benzene rings is 1. The largest absolute Gasteiger partial charge is 0.469 e. The van der Waals surface area contributed by atoms with Crippen LogP contribution in [0.1, 0.15) is 18.1 Å². The number of hydrogen-bond donors (Lipinski definition) is 2. The predicted octanol–water partition coefficient (Wildman–Crippen LogP) is -0.270. The van der Waals surface area contributed by atoms with Gasteiger partial charge in [-0.25, -0.2) is 4.79 Å². The summed E-state index contributed by atoms with van der Waals surface area (Å²) in [5, 5.41) is 12.4. The molecular weight excluding hydrogens is 346 g/mol. The standard InChI is InChI=1S/C17H21NO8/c1-24-12(19)9-11(16(22)25-2)13(17(23)26-3)18-15(21)14(20)10-7-5-4-6-8-10/h4-8,11,13-14,20H,9H2,1-3H3,(H,18,21)/t11-,13+,14+/m1/s1. The second-order valence-corrected chi connectivity index (χ2v) is 5.23. The first-order valence-electron chi connectivity index (χ1n) is 7.61. The van der Waals surface area contributed by atoms with Gasteiger partial charge in [-0.3, -0.25) is 14.4 Å². The average Bonchev–Trinajstić information content (AvgIpc) is 2.68. The molecule has 1 rings (SSSR count). The summed E-state index contributed by atoms with van der Waals surface area (Å²) in [7, 11) is 3.24. The minimum atomic E-state index is -1.58. The Kier molecular flexibility index (Phi) is 8.23. The van der Waals surface area contributed by atoms with E-state index in [1.165, 1.54) is 12.1 Å². The molecule has 26 heavy (non-hydrogen) atoms. The SMILES string of the molecule is COC(=O)C[C@@H](C(=O)OC)[C@H](NC(=O)[C@@H](O)c1ccccc1)C(=O)OC. The van der Waals surface area contributed by atoms with Gasteiger partial charge in [0.15, 0.2) is 6.10 Å². The highest BCUT2D eigenvalue weighted by Crippen LogP contribution is 2.17. The molecule has 3 atom stereocenters. The van der Waals surface area contributed by atoms with Crippen LogP contribution in [-0.4, -0.2) is 56.3 Å². The molecule has 1 aromatic rings. The van der Waals surface area contributed by atoms with Crippen molar-refractivity contribution in [1.29, 1.82) is 0 Å². The van der Waals surface area contributed by atoms with Crippen molar-refractivity contribution in [2.75, 3.05) is 21.3 Å². The highest BCUT2D eigenvalue weighted by Gasteiger charge is 2.39. The van der Waals surface area contributed by atoms with Gasteiger partial charge in [0, 0.05) is 0 Å². The number of rotatable bonds is 8. The molecule has 0 fully saturated rings. The number of nitrogens with one attached hydrogen (secondary N) is 1. The molecule has 0 saturated heterocycles. The third-order valence-electron chi connectivity index (χ3n) is 3.64. The van der Waals surface area contributed by atoms with Gasteiger partial charge in [0.1, 0.15) is 6.04 Å². The van der Waals surface area contributed by atoms with Crippen molar-refractivity contribution in [3.8, 4) is 0 Å². The van der Waals surface area contributed by atoms with Crippen molar-refractivity contribution < 1.29 is 38.5 Å². The fraction of sp³-hybridized carbons (Fsp3) is 0.412. The lowest BCUT2D eigenvalue weighted by Crippen LogP contribution is -2.51. The van der Waals surface area contributed by atoms with E-state index < -0.39 is 48.3 Å². The fourth-order valence-electron chi connectivity index (χ4n) is 2.22. The minimum Gasteiger partial charge on any atom is -0.469 e. The molecular formula is C17H21NO8. The van der Waals surface area contributed by atoms with Crippen LogP contribution in [0, 0.1) is 5.92 Å². The normalized spacial score (nSPS) is 13.7. The third kappa shape index (κ3) is 5.55. The minimum absolute atomic E-state index is 0.288. The summed E-state index contributed by atoms with van der Waals surface area (Å²) in [6.07, 6.45) is -2.11. The lowest BCUT2D eigenvalue weighted by Gasteiger charge is -2.24. The van der Waals surface area contributed by atoms with Crippen molar-refractivity contribution in [2.24, 2.45) is 5.92 Å². The Morgan fingerprint density at radius 3 is 2.04 bits per heavy atom. The number of amides is 1. The average molecular weight is 367 g/mol. The van der Waals surface area contributed by atoms with Crippen molar-refractivity contribution >= 4 is 23.8 Å². The Morgan fingerprint density at radius 2 is 1.54 bits per heavy atom. The van der Waals surface area contributed by atoms with E-state index in [2.05, 4.69) is 19.5 Å². The second-order valence-electron chi connectivity index (χ2n) is 5.23. The number of methoxy groups -OCH3 is 3. The van der Waals surface area contributed by atoms with Gasteiger partial charge < -0.3 is 24.6 Å². The molecule has 0 aliphatic rings. The highest BCUT2D eigenvalue weighted by molar-refractivity contribution is 5.92. The zero-order valence-corrected chi connectivity index (χ0v) is 14.6. The van der Waals surface area contributed by atoms with Crippen molar-refractivity contribution in [3.05, 3.63) is 35.9 Å². The summed E-state index contributed by atoms with van der Waals surface area (Å²) in [6, 6.07) is 6.44. The van der Waals surface area contributed by atoms with Gasteiger partial charge in [0.2, 0.25) is 0 Å². The van der Waals surface area contributed by atoms with E-state index in [9.17, 15) is 24.3 Å². The monoisotopic (exact) mass is 367 g/mol. The van der Waals surface area contributed by atoms with E-state index in [0.717, 1.165) is 21.3 Å². The van der Waals surface area contributed by atoms with E-state index in [-0.39, 0.29) is 5.56 Å². The van der Waals surface area contributed by atoms with Crippen LogP contribution in [0.5, 0.6) is 0 Å². The fourth-order valence-corrected chi connectivity index (χ4v) is 2.22. The van der Waals surface area contributed by atoms with E-state index in [0.29, 0.717) is 0 Å². The number of hydrogen-bond acceptors (Lipinski definition) is 8. The molecule has 0 aromatic heterocycles. The molecule has 9 nitrogen and oxygen atoms in total. The van der Waals surface area contributed by atoms with E-state index in [1.807, 2.05) is 0 Å². The molecule has 0 spiro atoms. The summed E-state index contributed by atoms with van der Waals surface area (Å²) in [5.41, 5.74) is 0.288. The van der Waals surface area contributed by atoms with Crippen molar-refractivity contribution in [1.82, 2.24) is 5.32 Å².